The molecule has 2 saturated heterocycles. The van der Waals surface area contributed by atoms with Crippen LogP contribution in [0, 0.1) is 12.3 Å². The van der Waals surface area contributed by atoms with Gasteiger partial charge in [-0.2, -0.15) is 0 Å². The average Bonchev–Trinajstić information content (AvgIpc) is 3.04. The van der Waals surface area contributed by atoms with Gasteiger partial charge >= 0.3 is 0 Å². The van der Waals surface area contributed by atoms with Crippen molar-refractivity contribution in [2.45, 2.75) is 26.3 Å². The summed E-state index contributed by atoms with van der Waals surface area (Å²) in [6.45, 7) is 7.21. The average molecular weight is 369 g/mol. The van der Waals surface area contributed by atoms with Crippen LogP contribution in [0.4, 0.5) is 0 Å². The molecule has 0 saturated carbocycles. The van der Waals surface area contributed by atoms with E-state index in [1.54, 1.807) is 0 Å². The fraction of sp³-hybridized carbons (Fsp3) is 0.409. The summed E-state index contributed by atoms with van der Waals surface area (Å²) in [6, 6.07) is 16.2. The van der Waals surface area contributed by atoms with Gasteiger partial charge in [-0.3, -0.25) is 9.69 Å². The highest BCUT2D eigenvalue weighted by molar-refractivity contribution is 6.30. The van der Waals surface area contributed by atoms with E-state index in [4.69, 9.17) is 11.6 Å². The van der Waals surface area contributed by atoms with Crippen LogP contribution in [0.25, 0.3) is 0 Å². The maximum atomic E-state index is 12.6. The third-order valence-electron chi connectivity index (χ3n) is 5.83. The zero-order chi connectivity index (χ0) is 18.1. The molecule has 4 heteroatoms. The highest BCUT2D eigenvalue weighted by Gasteiger charge is 2.48. The first kappa shape index (κ1) is 17.6. The van der Waals surface area contributed by atoms with Crippen molar-refractivity contribution < 1.29 is 4.79 Å². The lowest BCUT2D eigenvalue weighted by atomic mass is 9.79. The van der Waals surface area contributed by atoms with Gasteiger partial charge in [0.1, 0.15) is 0 Å². The van der Waals surface area contributed by atoms with E-state index in [1.165, 1.54) is 11.1 Å². The van der Waals surface area contributed by atoms with E-state index < -0.39 is 0 Å². The van der Waals surface area contributed by atoms with Crippen molar-refractivity contribution >= 4 is 17.5 Å². The first-order valence-corrected chi connectivity index (χ1v) is 9.70. The zero-order valence-electron chi connectivity index (χ0n) is 15.2. The molecule has 2 aliphatic heterocycles. The number of amides is 1. The number of likely N-dealkylation sites (tertiary alicyclic amines) is 2. The number of hydrogen-bond donors (Lipinski definition) is 0. The molecule has 2 aliphatic rings. The highest BCUT2D eigenvalue weighted by Crippen LogP contribution is 2.40. The smallest absolute Gasteiger partial charge is 0.227 e. The largest absolute Gasteiger partial charge is 0.342 e. The standard InChI is InChI=1S/C22H25ClN2O/c1-17-4-2-3-5-19(17)13-24-14-22(15-24)10-11-25(16-22)21(26)12-18-6-8-20(23)9-7-18/h2-9H,10-16H2,1H3. The van der Waals surface area contributed by atoms with E-state index in [1.807, 2.05) is 24.3 Å². The van der Waals surface area contributed by atoms with Gasteiger partial charge in [-0.25, -0.2) is 0 Å². The van der Waals surface area contributed by atoms with Gasteiger partial charge in [0.15, 0.2) is 0 Å². The Kier molecular flexibility index (Phi) is 4.76. The summed E-state index contributed by atoms with van der Waals surface area (Å²) in [4.78, 5) is 17.2. The van der Waals surface area contributed by atoms with E-state index in [0.29, 0.717) is 16.9 Å². The number of benzene rings is 2. The van der Waals surface area contributed by atoms with E-state index in [0.717, 1.165) is 44.7 Å². The summed E-state index contributed by atoms with van der Waals surface area (Å²) in [6.07, 6.45) is 1.60. The van der Waals surface area contributed by atoms with Crippen LogP contribution in [0.2, 0.25) is 5.02 Å². The third-order valence-corrected chi connectivity index (χ3v) is 6.08. The highest BCUT2D eigenvalue weighted by atomic mass is 35.5. The Morgan fingerprint density at radius 3 is 2.54 bits per heavy atom. The molecule has 2 aromatic carbocycles. The first-order valence-electron chi connectivity index (χ1n) is 9.32. The van der Waals surface area contributed by atoms with Gasteiger partial charge < -0.3 is 4.90 Å². The maximum Gasteiger partial charge on any atom is 0.227 e. The second-order valence-corrected chi connectivity index (χ2v) is 8.38. The topological polar surface area (TPSA) is 23.6 Å². The summed E-state index contributed by atoms with van der Waals surface area (Å²) in [5.74, 6) is 0.238. The van der Waals surface area contributed by atoms with Crippen LogP contribution >= 0.6 is 11.6 Å². The molecule has 4 rings (SSSR count). The van der Waals surface area contributed by atoms with Crippen LogP contribution in [0.3, 0.4) is 0 Å². The predicted molar refractivity (Wildman–Crippen MR) is 105 cm³/mol. The summed E-state index contributed by atoms with van der Waals surface area (Å²) < 4.78 is 0. The lowest BCUT2D eigenvalue weighted by Gasteiger charge is -2.48. The minimum atomic E-state index is 0.238. The van der Waals surface area contributed by atoms with Crippen LogP contribution < -0.4 is 0 Å². The second-order valence-electron chi connectivity index (χ2n) is 7.94. The minimum absolute atomic E-state index is 0.238. The lowest BCUT2D eigenvalue weighted by molar-refractivity contribution is -0.130. The Morgan fingerprint density at radius 2 is 1.81 bits per heavy atom. The fourth-order valence-corrected chi connectivity index (χ4v) is 4.46. The Bertz CT molecular complexity index is 796. The Balaban J connectivity index is 1.30. The summed E-state index contributed by atoms with van der Waals surface area (Å²) in [5, 5.41) is 0.713. The number of carbonyl (C=O) groups excluding carboxylic acids is 1. The molecule has 0 atom stereocenters. The van der Waals surface area contributed by atoms with Gasteiger partial charge in [0.2, 0.25) is 5.91 Å². The number of halogens is 1. The zero-order valence-corrected chi connectivity index (χ0v) is 16.0. The Hall–Kier alpha value is -1.84. The van der Waals surface area contributed by atoms with E-state index in [9.17, 15) is 4.79 Å². The maximum absolute atomic E-state index is 12.6. The molecule has 2 fully saturated rings. The molecule has 0 unspecified atom stereocenters. The first-order chi connectivity index (χ1) is 12.5. The Morgan fingerprint density at radius 1 is 1.08 bits per heavy atom. The van der Waals surface area contributed by atoms with Crippen LogP contribution in [0.5, 0.6) is 0 Å². The summed E-state index contributed by atoms with van der Waals surface area (Å²) in [5.41, 5.74) is 4.13. The van der Waals surface area contributed by atoms with Crippen molar-refractivity contribution in [3.05, 3.63) is 70.2 Å². The van der Waals surface area contributed by atoms with Crippen molar-refractivity contribution in [1.82, 2.24) is 9.80 Å². The second kappa shape index (κ2) is 7.05. The summed E-state index contributed by atoms with van der Waals surface area (Å²) >= 11 is 5.92. The van der Waals surface area contributed by atoms with Gasteiger partial charge in [-0.1, -0.05) is 48.0 Å². The number of aryl methyl sites for hydroxylation is 1. The molecule has 0 aliphatic carbocycles. The fourth-order valence-electron chi connectivity index (χ4n) is 4.34. The molecule has 1 spiro atoms. The SMILES string of the molecule is Cc1ccccc1CN1CC2(CCN(C(=O)Cc3ccc(Cl)cc3)C2)C1. The van der Waals surface area contributed by atoms with Crippen molar-refractivity contribution in [3.63, 3.8) is 0 Å². The van der Waals surface area contributed by atoms with Crippen LogP contribution in [0.15, 0.2) is 48.5 Å². The number of carbonyl (C=O) groups is 1. The third kappa shape index (κ3) is 3.65. The predicted octanol–water partition coefficient (Wildman–Crippen LogP) is 3.93. The number of hydrogen-bond acceptors (Lipinski definition) is 2. The van der Waals surface area contributed by atoms with Crippen LogP contribution in [-0.4, -0.2) is 41.9 Å². The van der Waals surface area contributed by atoms with Crippen LogP contribution in [0.1, 0.15) is 23.1 Å². The lowest BCUT2D eigenvalue weighted by Crippen LogP contribution is -2.57. The molecule has 0 aromatic heterocycles. The number of nitrogens with zero attached hydrogens (tertiary/aromatic N) is 2. The normalized spacial score (nSPS) is 18.9. The van der Waals surface area contributed by atoms with Gasteiger partial charge in [0.25, 0.3) is 0 Å². The van der Waals surface area contributed by atoms with Crippen LogP contribution in [-0.2, 0) is 17.8 Å². The van der Waals surface area contributed by atoms with E-state index >= 15 is 0 Å². The molecule has 0 N–H and O–H groups in total. The van der Waals surface area contributed by atoms with Gasteiger partial charge in [0.05, 0.1) is 6.42 Å². The van der Waals surface area contributed by atoms with Gasteiger partial charge in [-0.15, -0.1) is 0 Å². The molecular formula is C22H25ClN2O. The minimum Gasteiger partial charge on any atom is -0.342 e. The van der Waals surface area contributed by atoms with Gasteiger partial charge in [0, 0.05) is 43.2 Å². The molecule has 0 bridgehead atoms. The monoisotopic (exact) mass is 368 g/mol. The van der Waals surface area contributed by atoms with Crippen molar-refractivity contribution in [2.24, 2.45) is 5.41 Å². The summed E-state index contributed by atoms with van der Waals surface area (Å²) in [7, 11) is 0. The molecule has 2 aromatic rings. The number of rotatable bonds is 4. The molecule has 26 heavy (non-hydrogen) atoms. The van der Waals surface area contributed by atoms with Crippen molar-refractivity contribution in [2.75, 3.05) is 26.2 Å². The molecular weight excluding hydrogens is 344 g/mol. The molecule has 0 radical (unpaired) electrons. The van der Waals surface area contributed by atoms with E-state index in [2.05, 4.69) is 41.0 Å². The molecule has 2 heterocycles. The van der Waals surface area contributed by atoms with E-state index in [-0.39, 0.29) is 5.91 Å². The Labute approximate surface area is 160 Å². The van der Waals surface area contributed by atoms with Crippen molar-refractivity contribution in [1.29, 1.82) is 0 Å². The molecule has 1 amide bonds. The molecule has 3 nitrogen and oxygen atoms in total. The van der Waals surface area contributed by atoms with Gasteiger partial charge in [-0.05, 0) is 42.2 Å². The molecule has 136 valence electrons. The quantitative estimate of drug-likeness (QED) is 0.816. The van der Waals surface area contributed by atoms with Crippen molar-refractivity contribution in [3.8, 4) is 0 Å².